The molecule has 0 fully saturated rings. The van der Waals surface area contributed by atoms with Crippen molar-refractivity contribution in [2.75, 3.05) is 0 Å². The summed E-state index contributed by atoms with van der Waals surface area (Å²) in [5.74, 6) is 0. The van der Waals surface area contributed by atoms with Crippen molar-refractivity contribution in [2.45, 2.75) is 45.9 Å². The van der Waals surface area contributed by atoms with E-state index in [-0.39, 0.29) is 5.22 Å². The van der Waals surface area contributed by atoms with Gasteiger partial charge in [-0.1, -0.05) is 0 Å². The fourth-order valence-electron chi connectivity index (χ4n) is 0.786. The summed E-state index contributed by atoms with van der Waals surface area (Å²) in [4.78, 5) is 0. The summed E-state index contributed by atoms with van der Waals surface area (Å²) in [6.07, 6.45) is 0.296. The van der Waals surface area contributed by atoms with Gasteiger partial charge in [0, 0.05) is 13.0 Å². The third-order valence-electron chi connectivity index (χ3n) is 1.18. The molecule has 0 unspecified atom stereocenters. The van der Waals surface area contributed by atoms with Crippen LogP contribution in [0.4, 0.5) is 0 Å². The van der Waals surface area contributed by atoms with Crippen LogP contribution in [0.3, 0.4) is 0 Å². The summed E-state index contributed by atoms with van der Waals surface area (Å²) >= 11 is 4.87. The fraction of sp³-hybridized carbons (Fsp3) is 0.875. The largest absolute Gasteiger partial charge is 0.483 e. The van der Waals surface area contributed by atoms with Crippen LogP contribution in [0.1, 0.15) is 34.6 Å². The van der Waals surface area contributed by atoms with E-state index < -0.39 is 9.76 Å². The minimum atomic E-state index is -0.661. The summed E-state index contributed by atoms with van der Waals surface area (Å²) in [5.41, 5.74) is 0. The number of thiocarbonyl (C=S) groups is 1. The maximum Gasteiger partial charge on any atom is 0.208 e. The lowest BCUT2D eigenvalue weighted by atomic mass is 10.4. The molecular formula is C8H18O2SSi. The van der Waals surface area contributed by atoms with Crippen LogP contribution in [0.5, 0.6) is 0 Å². The highest BCUT2D eigenvalue weighted by Gasteiger charge is 2.21. The van der Waals surface area contributed by atoms with E-state index in [1.54, 1.807) is 6.92 Å². The highest BCUT2D eigenvalue weighted by atomic mass is 32.1. The molecular weight excluding hydrogens is 188 g/mol. The van der Waals surface area contributed by atoms with Gasteiger partial charge < -0.3 is 9.16 Å². The normalized spacial score (nSPS) is 12.8. The van der Waals surface area contributed by atoms with Crippen molar-refractivity contribution in [3.63, 3.8) is 0 Å². The summed E-state index contributed by atoms with van der Waals surface area (Å²) in [7, 11) is -0.661. The molecule has 0 aromatic carbocycles. The summed E-state index contributed by atoms with van der Waals surface area (Å²) in [6, 6.07) is 0. The Morgan fingerprint density at radius 1 is 1.42 bits per heavy atom. The van der Waals surface area contributed by atoms with Crippen LogP contribution in [-0.4, -0.2) is 26.1 Å². The average Bonchev–Trinajstić information content (AvgIpc) is 1.81. The summed E-state index contributed by atoms with van der Waals surface area (Å²) < 4.78 is 11.0. The maximum absolute atomic E-state index is 5.56. The summed E-state index contributed by atoms with van der Waals surface area (Å²) in [6.45, 7) is 9.91. The minimum absolute atomic E-state index is 0.171. The Bertz CT molecular complexity index is 157. The molecule has 0 N–H and O–H groups in total. The minimum Gasteiger partial charge on any atom is -0.483 e. The molecule has 0 aliphatic carbocycles. The third kappa shape index (κ3) is 6.76. The van der Waals surface area contributed by atoms with E-state index in [9.17, 15) is 0 Å². The number of hydrogen-bond acceptors (Lipinski definition) is 3. The van der Waals surface area contributed by atoms with Gasteiger partial charge in [0.2, 0.25) is 9.76 Å². The molecule has 0 heterocycles. The molecule has 0 rings (SSSR count). The van der Waals surface area contributed by atoms with Crippen molar-refractivity contribution in [3.8, 4) is 0 Å². The van der Waals surface area contributed by atoms with E-state index in [1.165, 1.54) is 0 Å². The van der Waals surface area contributed by atoms with Gasteiger partial charge in [0.05, 0.1) is 0 Å². The Morgan fingerprint density at radius 2 is 1.92 bits per heavy atom. The molecule has 0 spiro atoms. The molecule has 2 nitrogen and oxygen atoms in total. The summed E-state index contributed by atoms with van der Waals surface area (Å²) in [5, 5.41) is 0.427. The zero-order valence-electron chi connectivity index (χ0n) is 8.51. The first-order valence-corrected chi connectivity index (χ1v) is 5.84. The lowest BCUT2D eigenvalue weighted by Crippen LogP contribution is -2.36. The van der Waals surface area contributed by atoms with Gasteiger partial charge >= 0.3 is 0 Å². The Hall–Kier alpha value is 0.0669. The van der Waals surface area contributed by atoms with Gasteiger partial charge in [-0.2, -0.15) is 0 Å². The lowest BCUT2D eigenvalue weighted by Gasteiger charge is -2.25. The molecule has 12 heavy (non-hydrogen) atoms. The second-order valence-electron chi connectivity index (χ2n) is 3.71. The predicted octanol–water partition coefficient (Wildman–Crippen LogP) is 1.60. The van der Waals surface area contributed by atoms with Crippen LogP contribution in [0, 0.1) is 0 Å². The first-order chi connectivity index (χ1) is 5.33. The van der Waals surface area contributed by atoms with Crippen molar-refractivity contribution >= 4 is 27.0 Å². The molecule has 0 aliphatic rings. The Morgan fingerprint density at radius 3 is 2.25 bits per heavy atom. The van der Waals surface area contributed by atoms with Crippen molar-refractivity contribution in [1.29, 1.82) is 0 Å². The smallest absolute Gasteiger partial charge is 0.208 e. The quantitative estimate of drug-likeness (QED) is 0.514. The van der Waals surface area contributed by atoms with E-state index in [0.29, 0.717) is 11.2 Å². The van der Waals surface area contributed by atoms with E-state index >= 15 is 0 Å². The van der Waals surface area contributed by atoms with Crippen LogP contribution < -0.4 is 0 Å². The molecule has 0 saturated carbocycles. The second-order valence-corrected chi connectivity index (χ2v) is 6.61. The second kappa shape index (κ2) is 4.94. The SMILES string of the molecule is CC(=S)OC(C)(C)[SiH2]OC(C)C. The first-order valence-electron chi connectivity index (χ1n) is 4.15. The van der Waals surface area contributed by atoms with E-state index in [1.807, 2.05) is 27.7 Å². The van der Waals surface area contributed by atoms with Gasteiger partial charge in [0.1, 0.15) is 5.22 Å². The molecule has 0 atom stereocenters. The molecule has 0 saturated heterocycles. The Balaban J connectivity index is 3.78. The predicted molar refractivity (Wildman–Crippen MR) is 58.2 cm³/mol. The van der Waals surface area contributed by atoms with Crippen LogP contribution in [0.2, 0.25) is 0 Å². The maximum atomic E-state index is 5.56. The highest BCUT2D eigenvalue weighted by Crippen LogP contribution is 2.09. The van der Waals surface area contributed by atoms with Crippen LogP contribution in [-0.2, 0) is 9.16 Å². The number of ether oxygens (including phenoxy) is 1. The zero-order chi connectivity index (χ0) is 9.78. The number of hydrogen-bond donors (Lipinski definition) is 0. The molecule has 4 heteroatoms. The van der Waals surface area contributed by atoms with Gasteiger partial charge in [-0.25, -0.2) is 0 Å². The van der Waals surface area contributed by atoms with Crippen LogP contribution in [0.15, 0.2) is 0 Å². The van der Waals surface area contributed by atoms with Crippen molar-refractivity contribution in [1.82, 2.24) is 0 Å². The van der Waals surface area contributed by atoms with Crippen molar-refractivity contribution < 1.29 is 9.16 Å². The fourth-order valence-corrected chi connectivity index (χ4v) is 2.13. The van der Waals surface area contributed by atoms with E-state index in [4.69, 9.17) is 21.4 Å². The number of rotatable bonds is 4. The molecule has 72 valence electrons. The molecule has 0 aliphatic heterocycles. The average molecular weight is 206 g/mol. The van der Waals surface area contributed by atoms with Crippen molar-refractivity contribution in [2.24, 2.45) is 0 Å². The third-order valence-corrected chi connectivity index (χ3v) is 2.94. The van der Waals surface area contributed by atoms with Gasteiger partial charge in [-0.05, 0) is 39.9 Å². The van der Waals surface area contributed by atoms with E-state index in [2.05, 4.69) is 0 Å². The first kappa shape index (κ1) is 12.1. The molecule has 0 amide bonds. The van der Waals surface area contributed by atoms with E-state index in [0.717, 1.165) is 0 Å². The standard InChI is InChI=1S/C8H18O2SSi/c1-6(2)10-12-8(4,5)9-7(3)11/h6H,12H2,1-5H3. The van der Waals surface area contributed by atoms with Gasteiger partial charge in [-0.3, -0.25) is 0 Å². The lowest BCUT2D eigenvalue weighted by molar-refractivity contribution is 0.142. The molecule has 0 aromatic rings. The molecule has 0 bridgehead atoms. The highest BCUT2D eigenvalue weighted by molar-refractivity contribution is 7.80. The topological polar surface area (TPSA) is 18.5 Å². The van der Waals surface area contributed by atoms with Crippen molar-refractivity contribution in [3.05, 3.63) is 0 Å². The molecule has 0 aromatic heterocycles. The van der Waals surface area contributed by atoms with Gasteiger partial charge in [0.25, 0.3) is 0 Å². The zero-order valence-corrected chi connectivity index (χ0v) is 10.7. The van der Waals surface area contributed by atoms with Gasteiger partial charge in [0.15, 0.2) is 5.05 Å². The Kier molecular flexibility index (Phi) is 4.97. The van der Waals surface area contributed by atoms with Crippen LogP contribution >= 0.6 is 12.2 Å². The molecule has 0 radical (unpaired) electrons. The van der Waals surface area contributed by atoms with Gasteiger partial charge in [-0.15, -0.1) is 0 Å². The van der Waals surface area contributed by atoms with Crippen LogP contribution in [0.25, 0.3) is 0 Å². The monoisotopic (exact) mass is 206 g/mol. The Labute approximate surface area is 82.6 Å².